The second-order valence-corrected chi connectivity index (χ2v) is 14.1. The van der Waals surface area contributed by atoms with Crippen molar-refractivity contribution in [3.63, 3.8) is 0 Å². The largest absolute Gasteiger partial charge is 0.342 e. The van der Waals surface area contributed by atoms with Crippen molar-refractivity contribution in [2.75, 3.05) is 11.4 Å². The van der Waals surface area contributed by atoms with E-state index in [1.807, 2.05) is 11.8 Å². The Morgan fingerprint density at radius 1 is 0.613 bits per heavy atom. The second-order valence-electron chi connectivity index (χ2n) is 8.13. The Morgan fingerprint density at radius 2 is 1.06 bits per heavy atom. The summed E-state index contributed by atoms with van der Waals surface area (Å²) >= 11 is 1.94. The molecular weight excluding hydrogens is 427 g/mol. The van der Waals surface area contributed by atoms with Gasteiger partial charge in [-0.2, -0.15) is 0 Å². The van der Waals surface area contributed by atoms with Crippen molar-refractivity contribution in [2.45, 2.75) is 22.4 Å². The van der Waals surface area contributed by atoms with Crippen molar-refractivity contribution in [2.24, 2.45) is 0 Å². The normalized spacial score (nSPS) is 15.1. The van der Waals surface area contributed by atoms with Gasteiger partial charge in [0.15, 0.2) is 0 Å². The Hall–Kier alpha value is -2.54. The molecule has 2 radical (unpaired) electrons. The fourth-order valence-electron chi connectivity index (χ4n) is 4.93. The molecular formula is C27H23NSSi2. The predicted octanol–water partition coefficient (Wildman–Crippen LogP) is 4.15. The van der Waals surface area contributed by atoms with E-state index in [-0.39, 0.29) is 0 Å². The molecule has 0 unspecified atom stereocenters. The molecule has 0 saturated carbocycles. The molecule has 0 N–H and O–H groups in total. The van der Waals surface area contributed by atoms with Crippen molar-refractivity contribution >= 4 is 61.5 Å². The Labute approximate surface area is 192 Å². The standard InChI is InChI=1S/C27H23NSSi2/c1-30-24-14-6-2-10-20(24)28(21-11-3-7-15-25(21)30)18-19-31-26-16-8-4-12-22(26)29-23-13-5-9-17-27(23)31/h2-17H,18-19H2,1H3. The van der Waals surface area contributed by atoms with Gasteiger partial charge in [0.25, 0.3) is 0 Å². The summed E-state index contributed by atoms with van der Waals surface area (Å²) in [5, 5.41) is 6.25. The van der Waals surface area contributed by atoms with E-state index in [1.54, 1.807) is 20.7 Å². The van der Waals surface area contributed by atoms with Crippen LogP contribution in [0.3, 0.4) is 0 Å². The van der Waals surface area contributed by atoms with Crippen LogP contribution >= 0.6 is 11.8 Å². The molecule has 4 aromatic carbocycles. The minimum Gasteiger partial charge on any atom is -0.342 e. The molecule has 2 aliphatic rings. The summed E-state index contributed by atoms with van der Waals surface area (Å²) in [6, 6.07) is 37.5. The van der Waals surface area contributed by atoms with Gasteiger partial charge in [0.2, 0.25) is 0 Å². The average molecular weight is 450 g/mol. The van der Waals surface area contributed by atoms with Crippen LogP contribution < -0.4 is 25.6 Å². The second kappa shape index (κ2) is 7.86. The molecule has 4 aromatic rings. The van der Waals surface area contributed by atoms with E-state index in [0.29, 0.717) is 0 Å². The van der Waals surface area contributed by atoms with Gasteiger partial charge in [-0.1, -0.05) is 91.1 Å². The van der Waals surface area contributed by atoms with Crippen LogP contribution in [-0.4, -0.2) is 24.1 Å². The number of benzene rings is 4. The van der Waals surface area contributed by atoms with Crippen molar-refractivity contribution in [1.82, 2.24) is 0 Å². The fourth-order valence-corrected chi connectivity index (χ4v) is 11.7. The number of anilines is 2. The maximum Gasteiger partial charge on any atom is 0.126 e. The van der Waals surface area contributed by atoms with E-state index < -0.39 is 17.6 Å². The highest BCUT2D eigenvalue weighted by Gasteiger charge is 2.31. The maximum absolute atomic E-state index is 2.60. The van der Waals surface area contributed by atoms with Gasteiger partial charge in [-0.3, -0.25) is 0 Å². The highest BCUT2D eigenvalue weighted by atomic mass is 32.2. The first-order valence-electron chi connectivity index (χ1n) is 10.8. The van der Waals surface area contributed by atoms with Crippen LogP contribution in [0.5, 0.6) is 0 Å². The first kappa shape index (κ1) is 19.2. The van der Waals surface area contributed by atoms with E-state index in [4.69, 9.17) is 0 Å². The summed E-state index contributed by atoms with van der Waals surface area (Å²) in [6.45, 7) is 3.50. The molecule has 0 bridgehead atoms. The lowest BCUT2D eigenvalue weighted by Crippen LogP contribution is -2.51. The Bertz CT molecular complexity index is 1180. The van der Waals surface area contributed by atoms with E-state index in [2.05, 4.69) is 109 Å². The monoisotopic (exact) mass is 449 g/mol. The zero-order valence-electron chi connectivity index (χ0n) is 17.5. The lowest BCUT2D eigenvalue weighted by Gasteiger charge is -2.37. The van der Waals surface area contributed by atoms with Gasteiger partial charge in [-0.25, -0.2) is 0 Å². The molecule has 0 fully saturated rings. The summed E-state index contributed by atoms with van der Waals surface area (Å²) in [6.07, 6.45) is 0. The van der Waals surface area contributed by atoms with E-state index in [9.17, 15) is 0 Å². The molecule has 0 atom stereocenters. The molecule has 1 nitrogen and oxygen atoms in total. The van der Waals surface area contributed by atoms with Gasteiger partial charge in [-0.05, 0) is 51.1 Å². The summed E-state index contributed by atoms with van der Waals surface area (Å²) in [5.41, 5.74) is 2.85. The van der Waals surface area contributed by atoms with Crippen LogP contribution in [0.1, 0.15) is 0 Å². The van der Waals surface area contributed by atoms with Crippen molar-refractivity contribution < 1.29 is 0 Å². The van der Waals surface area contributed by atoms with Crippen LogP contribution in [0.15, 0.2) is 107 Å². The number of hydrogen-bond donors (Lipinski definition) is 0. The van der Waals surface area contributed by atoms with Crippen molar-refractivity contribution in [3.05, 3.63) is 97.1 Å². The molecule has 2 heterocycles. The number of hydrogen-bond acceptors (Lipinski definition) is 2. The summed E-state index contributed by atoms with van der Waals surface area (Å²) in [5.74, 6) is 0. The summed E-state index contributed by atoms with van der Waals surface area (Å²) in [7, 11) is -1.55. The Balaban J connectivity index is 1.40. The topological polar surface area (TPSA) is 3.24 Å². The third-order valence-corrected chi connectivity index (χ3v) is 13.3. The third kappa shape index (κ3) is 3.21. The maximum atomic E-state index is 2.60. The fraction of sp³-hybridized carbons (Fsp3) is 0.111. The van der Waals surface area contributed by atoms with E-state index in [0.717, 1.165) is 6.54 Å². The van der Waals surface area contributed by atoms with Crippen LogP contribution in [0.25, 0.3) is 0 Å². The van der Waals surface area contributed by atoms with Crippen LogP contribution in [0.2, 0.25) is 12.6 Å². The number of nitrogens with zero attached hydrogens (tertiary/aromatic N) is 1. The smallest absolute Gasteiger partial charge is 0.126 e. The van der Waals surface area contributed by atoms with E-state index in [1.165, 1.54) is 27.2 Å². The van der Waals surface area contributed by atoms with Gasteiger partial charge in [0.05, 0.1) is 0 Å². The Kier molecular flexibility index (Phi) is 4.86. The van der Waals surface area contributed by atoms with Gasteiger partial charge >= 0.3 is 0 Å². The van der Waals surface area contributed by atoms with E-state index >= 15 is 0 Å². The molecule has 0 aliphatic carbocycles. The molecule has 150 valence electrons. The minimum atomic E-state index is -0.831. The SMILES string of the molecule is C[Si]1c2ccccc2N(CC[Si]2c3ccccc3Sc3ccccc32)c2ccccc21. The quantitative estimate of drug-likeness (QED) is 0.432. The number of fused-ring (bicyclic) bond motifs is 4. The number of rotatable bonds is 3. The highest BCUT2D eigenvalue weighted by molar-refractivity contribution is 8.00. The lowest BCUT2D eigenvalue weighted by molar-refractivity contribution is 1.02. The first-order chi connectivity index (χ1) is 15.3. The molecule has 31 heavy (non-hydrogen) atoms. The minimum absolute atomic E-state index is 0.714. The molecule has 0 aromatic heterocycles. The predicted molar refractivity (Wildman–Crippen MR) is 138 cm³/mol. The first-order valence-corrected chi connectivity index (χ1v) is 15.4. The molecule has 4 heteroatoms. The Morgan fingerprint density at radius 3 is 1.61 bits per heavy atom. The molecule has 0 amide bonds. The van der Waals surface area contributed by atoms with Gasteiger partial charge in [0.1, 0.15) is 17.6 Å². The average Bonchev–Trinajstić information content (AvgIpc) is 2.83. The molecule has 0 saturated heterocycles. The zero-order valence-corrected chi connectivity index (χ0v) is 20.3. The van der Waals surface area contributed by atoms with Crippen molar-refractivity contribution in [3.8, 4) is 0 Å². The lowest BCUT2D eigenvalue weighted by atomic mass is 10.2. The van der Waals surface area contributed by atoms with Crippen LogP contribution in [-0.2, 0) is 0 Å². The van der Waals surface area contributed by atoms with Gasteiger partial charge in [0, 0.05) is 27.7 Å². The molecule has 6 rings (SSSR count). The van der Waals surface area contributed by atoms with Gasteiger partial charge < -0.3 is 4.90 Å². The van der Waals surface area contributed by atoms with Gasteiger partial charge in [-0.15, -0.1) is 0 Å². The van der Waals surface area contributed by atoms with Crippen LogP contribution in [0.4, 0.5) is 11.4 Å². The van der Waals surface area contributed by atoms with Crippen molar-refractivity contribution in [1.29, 1.82) is 0 Å². The zero-order chi connectivity index (χ0) is 20.8. The highest BCUT2D eigenvalue weighted by Crippen LogP contribution is 2.32. The number of para-hydroxylation sites is 2. The molecule has 0 spiro atoms. The third-order valence-electron chi connectivity index (χ3n) is 6.43. The molecule has 2 aliphatic heterocycles. The van der Waals surface area contributed by atoms with Crippen LogP contribution in [0, 0.1) is 0 Å². The summed E-state index contributed by atoms with van der Waals surface area (Å²) < 4.78 is 0. The summed E-state index contributed by atoms with van der Waals surface area (Å²) in [4.78, 5) is 5.51.